The maximum absolute atomic E-state index is 11.9. The molecule has 1 aliphatic rings. The van der Waals surface area contributed by atoms with E-state index in [0.717, 1.165) is 43.5 Å². The fraction of sp³-hybridized carbons (Fsp3) is 0.429. The summed E-state index contributed by atoms with van der Waals surface area (Å²) < 4.78 is 0. The van der Waals surface area contributed by atoms with E-state index in [0.29, 0.717) is 0 Å². The lowest BCUT2D eigenvalue weighted by Crippen LogP contribution is -2.19. The van der Waals surface area contributed by atoms with Crippen LogP contribution in [0.4, 0.5) is 0 Å². The molecule has 108 valence electrons. The first-order chi connectivity index (χ1) is 9.58. The van der Waals surface area contributed by atoms with E-state index in [4.69, 9.17) is 0 Å². The highest BCUT2D eigenvalue weighted by atomic mass is 16.3. The van der Waals surface area contributed by atoms with Crippen LogP contribution in [0.25, 0.3) is 0 Å². The van der Waals surface area contributed by atoms with Gasteiger partial charge in [0.05, 0.1) is 0 Å². The van der Waals surface area contributed by atoms with Crippen LogP contribution in [0.3, 0.4) is 0 Å². The quantitative estimate of drug-likeness (QED) is 0.378. The number of hydrogen-bond donors (Lipinski definition) is 4. The molecule has 6 nitrogen and oxygen atoms in total. The number of benzene rings is 1. The van der Waals surface area contributed by atoms with Crippen LogP contribution < -0.4 is 5.43 Å². The summed E-state index contributed by atoms with van der Waals surface area (Å²) in [6.45, 7) is 0. The maximum atomic E-state index is 11.9. The van der Waals surface area contributed by atoms with Crippen LogP contribution >= 0.6 is 0 Å². The monoisotopic (exact) mass is 278 g/mol. The summed E-state index contributed by atoms with van der Waals surface area (Å²) in [6, 6.07) is 2.16. The van der Waals surface area contributed by atoms with E-state index in [1.165, 1.54) is 12.8 Å². The van der Waals surface area contributed by atoms with Gasteiger partial charge in [0.25, 0.3) is 5.91 Å². The molecule has 0 heterocycles. The summed E-state index contributed by atoms with van der Waals surface area (Å²) in [5, 5.41) is 32.0. The standard InChI is InChI=1S/C14H18N2O4/c17-11-7-9(8-12(18)13(11)19)14(20)16-15-10-5-3-1-2-4-6-10/h7-8,17-19H,1-6H2,(H,16,20). The van der Waals surface area contributed by atoms with Crippen LogP contribution in [0.5, 0.6) is 17.2 Å². The molecule has 0 radical (unpaired) electrons. The molecule has 0 atom stereocenters. The second-order valence-corrected chi connectivity index (χ2v) is 4.90. The van der Waals surface area contributed by atoms with Crippen molar-refractivity contribution in [2.45, 2.75) is 38.5 Å². The highest BCUT2D eigenvalue weighted by molar-refractivity contribution is 5.96. The zero-order valence-electron chi connectivity index (χ0n) is 11.1. The largest absolute Gasteiger partial charge is 0.504 e. The van der Waals surface area contributed by atoms with Gasteiger partial charge in [-0.2, -0.15) is 5.10 Å². The van der Waals surface area contributed by atoms with Crippen molar-refractivity contribution in [3.63, 3.8) is 0 Å². The predicted molar refractivity (Wildman–Crippen MR) is 74.0 cm³/mol. The normalized spacial score (nSPS) is 15.5. The molecular weight excluding hydrogens is 260 g/mol. The van der Waals surface area contributed by atoms with Crippen molar-refractivity contribution in [2.75, 3.05) is 0 Å². The molecule has 0 aromatic heterocycles. The molecule has 1 fully saturated rings. The third-order valence-electron chi connectivity index (χ3n) is 3.33. The van der Waals surface area contributed by atoms with Gasteiger partial charge in [-0.1, -0.05) is 12.8 Å². The number of phenols is 3. The Kier molecular flexibility index (Phi) is 4.45. The third kappa shape index (κ3) is 3.40. The van der Waals surface area contributed by atoms with Gasteiger partial charge in [0.1, 0.15) is 0 Å². The molecule has 1 amide bonds. The van der Waals surface area contributed by atoms with Gasteiger partial charge in [-0.3, -0.25) is 4.79 Å². The van der Waals surface area contributed by atoms with Gasteiger partial charge < -0.3 is 15.3 Å². The van der Waals surface area contributed by atoms with E-state index in [9.17, 15) is 20.1 Å². The minimum Gasteiger partial charge on any atom is -0.504 e. The number of carbonyl (C=O) groups excluding carboxylic acids is 1. The summed E-state index contributed by atoms with van der Waals surface area (Å²) in [7, 11) is 0. The van der Waals surface area contributed by atoms with Crippen LogP contribution in [0.15, 0.2) is 17.2 Å². The van der Waals surface area contributed by atoms with E-state index in [2.05, 4.69) is 10.5 Å². The van der Waals surface area contributed by atoms with Gasteiger partial charge in [0.2, 0.25) is 0 Å². The molecule has 1 aliphatic carbocycles. The molecule has 1 saturated carbocycles. The first-order valence-electron chi connectivity index (χ1n) is 6.68. The van der Waals surface area contributed by atoms with Crippen LogP contribution in [-0.2, 0) is 0 Å². The first kappa shape index (κ1) is 14.2. The molecule has 1 aromatic carbocycles. The number of nitrogens with zero attached hydrogens (tertiary/aromatic N) is 1. The second kappa shape index (κ2) is 6.27. The molecule has 1 aromatic rings. The van der Waals surface area contributed by atoms with Crippen molar-refractivity contribution in [1.29, 1.82) is 0 Å². The number of rotatable bonds is 2. The maximum Gasteiger partial charge on any atom is 0.271 e. The molecule has 0 aliphatic heterocycles. The van der Waals surface area contributed by atoms with Crippen molar-refractivity contribution in [3.05, 3.63) is 17.7 Å². The number of phenolic OH excluding ortho intramolecular Hbond substituents is 3. The van der Waals surface area contributed by atoms with Crippen molar-refractivity contribution >= 4 is 11.6 Å². The lowest BCUT2D eigenvalue weighted by Gasteiger charge is -2.06. The number of nitrogens with one attached hydrogen (secondary N) is 1. The van der Waals surface area contributed by atoms with E-state index in [-0.39, 0.29) is 5.56 Å². The Morgan fingerprint density at radius 2 is 1.55 bits per heavy atom. The van der Waals surface area contributed by atoms with Gasteiger partial charge in [-0.05, 0) is 37.8 Å². The van der Waals surface area contributed by atoms with Crippen molar-refractivity contribution in [2.24, 2.45) is 5.10 Å². The SMILES string of the molecule is O=C(NN=C1CCCCCC1)c1cc(O)c(O)c(O)c1. The first-order valence-corrected chi connectivity index (χ1v) is 6.68. The van der Waals surface area contributed by atoms with Crippen molar-refractivity contribution < 1.29 is 20.1 Å². The molecule has 0 unspecified atom stereocenters. The molecular formula is C14H18N2O4. The summed E-state index contributed by atoms with van der Waals surface area (Å²) in [4.78, 5) is 11.9. The zero-order valence-corrected chi connectivity index (χ0v) is 11.1. The van der Waals surface area contributed by atoms with Gasteiger partial charge in [0.15, 0.2) is 17.2 Å². The molecule has 20 heavy (non-hydrogen) atoms. The number of amides is 1. The topological polar surface area (TPSA) is 102 Å². The van der Waals surface area contributed by atoms with E-state index in [1.807, 2.05) is 0 Å². The third-order valence-corrected chi connectivity index (χ3v) is 3.33. The van der Waals surface area contributed by atoms with Gasteiger partial charge >= 0.3 is 0 Å². The summed E-state index contributed by atoms with van der Waals surface area (Å²) in [5.74, 6) is -2.27. The van der Waals surface area contributed by atoms with Crippen LogP contribution in [0, 0.1) is 0 Å². The molecule has 0 spiro atoms. The Labute approximate surface area is 116 Å². The van der Waals surface area contributed by atoms with Crippen LogP contribution in [-0.4, -0.2) is 26.9 Å². The van der Waals surface area contributed by atoms with Crippen LogP contribution in [0.2, 0.25) is 0 Å². The van der Waals surface area contributed by atoms with E-state index < -0.39 is 23.2 Å². The van der Waals surface area contributed by atoms with Crippen LogP contribution in [0.1, 0.15) is 48.9 Å². The van der Waals surface area contributed by atoms with E-state index >= 15 is 0 Å². The smallest absolute Gasteiger partial charge is 0.271 e. The lowest BCUT2D eigenvalue weighted by atomic mass is 10.1. The average Bonchev–Trinajstić information content (AvgIpc) is 2.70. The van der Waals surface area contributed by atoms with Gasteiger partial charge in [0, 0.05) is 11.3 Å². The highest BCUT2D eigenvalue weighted by Gasteiger charge is 2.13. The molecule has 0 bridgehead atoms. The molecule has 2 rings (SSSR count). The summed E-state index contributed by atoms with van der Waals surface area (Å²) in [5.41, 5.74) is 3.41. The average molecular weight is 278 g/mol. The molecule has 0 saturated heterocycles. The fourth-order valence-electron chi connectivity index (χ4n) is 2.18. The Morgan fingerprint density at radius 3 is 2.10 bits per heavy atom. The number of aromatic hydroxyl groups is 3. The minimum atomic E-state index is -0.642. The number of carbonyl (C=O) groups is 1. The Balaban J connectivity index is 2.06. The van der Waals surface area contributed by atoms with Crippen molar-refractivity contribution in [1.82, 2.24) is 5.43 Å². The highest BCUT2D eigenvalue weighted by Crippen LogP contribution is 2.35. The molecule has 6 heteroatoms. The summed E-state index contributed by atoms with van der Waals surface area (Å²) in [6.07, 6.45) is 6.29. The Morgan fingerprint density at radius 1 is 1.00 bits per heavy atom. The predicted octanol–water partition coefficient (Wildman–Crippen LogP) is 2.24. The number of hydrogen-bond acceptors (Lipinski definition) is 5. The Bertz CT molecular complexity index is 507. The second-order valence-electron chi connectivity index (χ2n) is 4.90. The minimum absolute atomic E-state index is 0.0378. The number of hydrazone groups is 1. The van der Waals surface area contributed by atoms with E-state index in [1.54, 1.807) is 0 Å². The lowest BCUT2D eigenvalue weighted by molar-refractivity contribution is 0.0953. The molecule has 4 N–H and O–H groups in total. The fourth-order valence-corrected chi connectivity index (χ4v) is 2.18. The van der Waals surface area contributed by atoms with Crippen molar-refractivity contribution in [3.8, 4) is 17.2 Å². The Hall–Kier alpha value is -2.24. The summed E-state index contributed by atoms with van der Waals surface area (Å²) >= 11 is 0. The van der Waals surface area contributed by atoms with Gasteiger partial charge in [-0.25, -0.2) is 5.43 Å². The zero-order chi connectivity index (χ0) is 14.5. The van der Waals surface area contributed by atoms with Gasteiger partial charge in [-0.15, -0.1) is 0 Å².